The SMILES string of the molecule is O=C(Nc1cc(Cl)cc(Cl)c1)Nc1ccc(Br)cc1-c1nn[nH]n1. The van der Waals surface area contributed by atoms with Gasteiger partial charge >= 0.3 is 6.03 Å². The molecule has 1 heterocycles. The Hall–Kier alpha value is -2.16. The molecule has 0 aliphatic rings. The Morgan fingerprint density at radius 2 is 1.83 bits per heavy atom. The Balaban J connectivity index is 1.82. The predicted molar refractivity (Wildman–Crippen MR) is 96.4 cm³/mol. The maximum absolute atomic E-state index is 12.2. The molecule has 0 unspecified atom stereocenters. The molecule has 0 radical (unpaired) electrons. The van der Waals surface area contributed by atoms with E-state index in [-0.39, 0.29) is 0 Å². The molecule has 3 aromatic rings. The summed E-state index contributed by atoms with van der Waals surface area (Å²) in [5.74, 6) is 0.359. The Morgan fingerprint density at radius 1 is 1.08 bits per heavy atom. The minimum absolute atomic E-state index is 0.359. The van der Waals surface area contributed by atoms with E-state index in [1.807, 2.05) is 0 Å². The average Bonchev–Trinajstić information content (AvgIpc) is 3.02. The average molecular weight is 428 g/mol. The number of nitrogens with one attached hydrogen (secondary N) is 3. The first-order valence-electron chi connectivity index (χ1n) is 6.59. The summed E-state index contributed by atoms with van der Waals surface area (Å²) >= 11 is 15.2. The van der Waals surface area contributed by atoms with Gasteiger partial charge in [-0.15, -0.1) is 10.2 Å². The third-order valence-electron chi connectivity index (χ3n) is 2.94. The fraction of sp³-hybridized carbons (Fsp3) is 0. The van der Waals surface area contributed by atoms with Crippen molar-refractivity contribution in [1.29, 1.82) is 0 Å². The van der Waals surface area contributed by atoms with E-state index < -0.39 is 6.03 Å². The van der Waals surface area contributed by atoms with E-state index in [1.54, 1.807) is 36.4 Å². The van der Waals surface area contributed by atoms with Crippen molar-refractivity contribution in [2.75, 3.05) is 10.6 Å². The van der Waals surface area contributed by atoms with Crippen LogP contribution in [0.1, 0.15) is 0 Å². The number of nitrogens with zero attached hydrogens (tertiary/aromatic N) is 3. The first kappa shape index (κ1) is 16.7. The number of aromatic nitrogens is 4. The zero-order valence-electron chi connectivity index (χ0n) is 11.8. The first-order chi connectivity index (χ1) is 11.5. The Kier molecular flexibility index (Phi) is 4.98. The largest absolute Gasteiger partial charge is 0.323 e. The molecular weight excluding hydrogens is 419 g/mol. The van der Waals surface area contributed by atoms with Crippen molar-refractivity contribution in [2.45, 2.75) is 0 Å². The number of aromatic amines is 1. The van der Waals surface area contributed by atoms with Crippen LogP contribution in [0.2, 0.25) is 10.0 Å². The molecule has 0 aliphatic carbocycles. The number of amides is 2. The lowest BCUT2D eigenvalue weighted by Gasteiger charge is -2.11. The highest BCUT2D eigenvalue weighted by Gasteiger charge is 2.13. The van der Waals surface area contributed by atoms with Crippen molar-refractivity contribution in [3.05, 3.63) is 50.9 Å². The standard InChI is InChI=1S/C14H9BrCl2N6O/c15-7-1-2-12(11(3-7)13-20-22-23-21-13)19-14(24)18-10-5-8(16)4-9(17)6-10/h1-6H,(H2,18,19,24)(H,20,21,22,23). The number of H-pyrrole nitrogens is 1. The first-order valence-corrected chi connectivity index (χ1v) is 8.13. The van der Waals surface area contributed by atoms with Gasteiger partial charge in [0.05, 0.1) is 5.69 Å². The molecule has 0 bridgehead atoms. The summed E-state index contributed by atoms with van der Waals surface area (Å²) in [7, 11) is 0. The molecule has 0 atom stereocenters. The highest BCUT2D eigenvalue weighted by Crippen LogP contribution is 2.28. The fourth-order valence-electron chi connectivity index (χ4n) is 2.00. The van der Waals surface area contributed by atoms with E-state index in [0.717, 1.165) is 4.47 Å². The van der Waals surface area contributed by atoms with Gasteiger partial charge in [0.2, 0.25) is 5.82 Å². The molecule has 3 rings (SSSR count). The maximum Gasteiger partial charge on any atom is 0.323 e. The van der Waals surface area contributed by atoms with E-state index in [1.165, 1.54) is 0 Å². The van der Waals surface area contributed by atoms with Crippen LogP contribution < -0.4 is 10.6 Å². The molecule has 3 N–H and O–H groups in total. The van der Waals surface area contributed by atoms with Gasteiger partial charge < -0.3 is 10.6 Å². The van der Waals surface area contributed by atoms with Crippen LogP contribution in [0.4, 0.5) is 16.2 Å². The highest BCUT2D eigenvalue weighted by atomic mass is 79.9. The normalized spacial score (nSPS) is 10.5. The molecule has 1 aromatic heterocycles. The number of anilines is 2. The monoisotopic (exact) mass is 426 g/mol. The van der Waals surface area contributed by atoms with Gasteiger partial charge in [-0.25, -0.2) is 4.79 Å². The van der Waals surface area contributed by atoms with E-state index in [4.69, 9.17) is 23.2 Å². The molecule has 0 aliphatic heterocycles. The molecule has 2 amide bonds. The molecule has 122 valence electrons. The smallest absolute Gasteiger partial charge is 0.308 e. The minimum atomic E-state index is -0.458. The van der Waals surface area contributed by atoms with Gasteiger partial charge in [0.15, 0.2) is 0 Å². The van der Waals surface area contributed by atoms with Gasteiger partial charge in [0.25, 0.3) is 0 Å². The third-order valence-corrected chi connectivity index (χ3v) is 3.87. The molecule has 0 saturated carbocycles. The Morgan fingerprint density at radius 3 is 2.50 bits per heavy atom. The van der Waals surface area contributed by atoms with Crippen LogP contribution in [0.15, 0.2) is 40.9 Å². The number of carbonyl (C=O) groups is 1. The maximum atomic E-state index is 12.2. The van der Waals surface area contributed by atoms with Crippen LogP contribution in [0.3, 0.4) is 0 Å². The summed E-state index contributed by atoms with van der Waals surface area (Å²) in [6, 6.07) is 9.59. The summed E-state index contributed by atoms with van der Waals surface area (Å²) in [4.78, 5) is 12.2. The van der Waals surface area contributed by atoms with E-state index >= 15 is 0 Å². The van der Waals surface area contributed by atoms with Crippen LogP contribution in [0, 0.1) is 0 Å². The molecule has 2 aromatic carbocycles. The van der Waals surface area contributed by atoms with Crippen molar-refractivity contribution in [3.63, 3.8) is 0 Å². The predicted octanol–water partition coefficient (Wildman–Crippen LogP) is 4.58. The number of hydrogen-bond donors (Lipinski definition) is 3. The van der Waals surface area contributed by atoms with Crippen LogP contribution >= 0.6 is 39.1 Å². The van der Waals surface area contributed by atoms with Gasteiger partial charge in [-0.05, 0) is 41.6 Å². The molecule has 24 heavy (non-hydrogen) atoms. The Labute approximate surface area is 154 Å². The van der Waals surface area contributed by atoms with Crippen molar-refractivity contribution >= 4 is 56.5 Å². The van der Waals surface area contributed by atoms with E-state index in [0.29, 0.717) is 32.8 Å². The number of rotatable bonds is 3. The number of urea groups is 1. The second-order valence-corrected chi connectivity index (χ2v) is 6.45. The highest BCUT2D eigenvalue weighted by molar-refractivity contribution is 9.10. The van der Waals surface area contributed by atoms with Gasteiger partial charge in [-0.1, -0.05) is 39.1 Å². The minimum Gasteiger partial charge on any atom is -0.308 e. The molecule has 0 fully saturated rings. The van der Waals surface area contributed by atoms with Crippen molar-refractivity contribution in [3.8, 4) is 11.4 Å². The number of hydrogen-bond acceptors (Lipinski definition) is 4. The van der Waals surface area contributed by atoms with Gasteiger partial charge in [-0.3, -0.25) is 0 Å². The van der Waals surface area contributed by atoms with Crippen LogP contribution in [-0.4, -0.2) is 26.7 Å². The summed E-state index contributed by atoms with van der Waals surface area (Å²) in [5, 5.41) is 20.0. The summed E-state index contributed by atoms with van der Waals surface area (Å²) in [6.45, 7) is 0. The van der Waals surface area contributed by atoms with Crippen molar-refractivity contribution in [2.24, 2.45) is 0 Å². The number of halogens is 3. The van der Waals surface area contributed by atoms with Crippen molar-refractivity contribution in [1.82, 2.24) is 20.6 Å². The number of benzene rings is 2. The summed E-state index contributed by atoms with van der Waals surface area (Å²) in [5.41, 5.74) is 1.60. The lowest BCUT2D eigenvalue weighted by atomic mass is 10.1. The quantitative estimate of drug-likeness (QED) is 0.569. The summed E-state index contributed by atoms with van der Waals surface area (Å²) in [6.07, 6.45) is 0. The molecule has 7 nitrogen and oxygen atoms in total. The van der Waals surface area contributed by atoms with E-state index in [9.17, 15) is 4.79 Å². The van der Waals surface area contributed by atoms with E-state index in [2.05, 4.69) is 47.2 Å². The number of tetrazole rings is 1. The van der Waals surface area contributed by atoms with Crippen molar-refractivity contribution < 1.29 is 4.79 Å². The molecule has 0 saturated heterocycles. The lowest BCUT2D eigenvalue weighted by Crippen LogP contribution is -2.20. The lowest BCUT2D eigenvalue weighted by molar-refractivity contribution is 0.262. The topological polar surface area (TPSA) is 95.6 Å². The molecule has 0 spiro atoms. The summed E-state index contributed by atoms with van der Waals surface area (Å²) < 4.78 is 0.815. The molecular formula is C14H9BrCl2N6O. The second-order valence-electron chi connectivity index (χ2n) is 4.66. The number of carbonyl (C=O) groups excluding carboxylic acids is 1. The zero-order valence-corrected chi connectivity index (χ0v) is 14.9. The van der Waals surface area contributed by atoms with Gasteiger partial charge in [-0.2, -0.15) is 5.21 Å². The van der Waals surface area contributed by atoms with Gasteiger partial charge in [0.1, 0.15) is 0 Å². The van der Waals surface area contributed by atoms with Crippen LogP contribution in [-0.2, 0) is 0 Å². The molecule has 10 heteroatoms. The zero-order chi connectivity index (χ0) is 17.1. The Bertz CT molecular complexity index is 867. The van der Waals surface area contributed by atoms with Crippen LogP contribution in [0.25, 0.3) is 11.4 Å². The van der Waals surface area contributed by atoms with Crippen LogP contribution in [0.5, 0.6) is 0 Å². The third kappa shape index (κ3) is 4.02. The fourth-order valence-corrected chi connectivity index (χ4v) is 2.88. The van der Waals surface area contributed by atoms with Gasteiger partial charge in [0, 0.05) is 25.8 Å². The second kappa shape index (κ2) is 7.16.